The van der Waals surface area contributed by atoms with Gasteiger partial charge in [0.05, 0.1) is 12.1 Å². The number of aliphatic hydroxyl groups excluding tert-OH is 1. The summed E-state index contributed by atoms with van der Waals surface area (Å²) in [6.07, 6.45) is 0. The van der Waals surface area contributed by atoms with E-state index in [1.165, 1.54) is 0 Å². The van der Waals surface area contributed by atoms with E-state index in [1.807, 2.05) is 13.8 Å². The third kappa shape index (κ3) is 0.988. The van der Waals surface area contributed by atoms with Crippen LogP contribution in [0.25, 0.3) is 0 Å². The van der Waals surface area contributed by atoms with E-state index in [1.54, 1.807) is 0 Å². The van der Waals surface area contributed by atoms with Crippen molar-refractivity contribution in [3.8, 4) is 0 Å². The maximum atomic E-state index is 10.9. The third-order valence-corrected chi connectivity index (χ3v) is 1.55. The van der Waals surface area contributed by atoms with Crippen molar-refractivity contribution in [2.75, 3.05) is 6.54 Å². The Balaban J connectivity index is 2.88. The standard InChI is InChI=1S/C7H11NO2/c1-4(2)6-5(9)3-8-7(6)10/h4,9H,3H2,1-2H3,(H,8,10). The molecule has 0 atom stereocenters. The SMILES string of the molecule is CC(C)C1=C(O)CNC1=O. The molecule has 0 saturated heterocycles. The number of rotatable bonds is 1. The first-order valence-corrected chi connectivity index (χ1v) is 3.33. The Morgan fingerprint density at radius 2 is 2.20 bits per heavy atom. The normalized spacial score (nSPS) is 18.5. The van der Waals surface area contributed by atoms with Crippen molar-refractivity contribution < 1.29 is 9.90 Å². The number of aliphatic hydroxyl groups is 1. The summed E-state index contributed by atoms with van der Waals surface area (Å²) >= 11 is 0. The van der Waals surface area contributed by atoms with E-state index in [0.29, 0.717) is 12.1 Å². The molecule has 10 heavy (non-hydrogen) atoms. The molecule has 56 valence electrons. The minimum atomic E-state index is -0.132. The highest BCUT2D eigenvalue weighted by Gasteiger charge is 2.23. The zero-order chi connectivity index (χ0) is 7.72. The van der Waals surface area contributed by atoms with Crippen LogP contribution in [0.3, 0.4) is 0 Å². The summed E-state index contributed by atoms with van der Waals surface area (Å²) in [7, 11) is 0. The Morgan fingerprint density at radius 3 is 2.40 bits per heavy atom. The van der Waals surface area contributed by atoms with Gasteiger partial charge < -0.3 is 10.4 Å². The molecule has 0 spiro atoms. The van der Waals surface area contributed by atoms with Crippen molar-refractivity contribution in [2.45, 2.75) is 13.8 Å². The molecule has 0 radical (unpaired) electrons. The molecule has 0 fully saturated rings. The molecular weight excluding hydrogens is 130 g/mol. The highest BCUT2D eigenvalue weighted by Crippen LogP contribution is 2.16. The number of hydrogen-bond acceptors (Lipinski definition) is 2. The van der Waals surface area contributed by atoms with Gasteiger partial charge in [-0.05, 0) is 5.92 Å². The van der Waals surface area contributed by atoms with Gasteiger partial charge in [0, 0.05) is 0 Å². The number of carbonyl (C=O) groups is 1. The maximum Gasteiger partial charge on any atom is 0.251 e. The lowest BCUT2D eigenvalue weighted by Gasteiger charge is -2.02. The zero-order valence-corrected chi connectivity index (χ0v) is 6.14. The lowest BCUT2D eigenvalue weighted by Crippen LogP contribution is -2.19. The average Bonchev–Trinajstić information content (AvgIpc) is 2.11. The quantitative estimate of drug-likeness (QED) is 0.561. The van der Waals surface area contributed by atoms with Gasteiger partial charge >= 0.3 is 0 Å². The summed E-state index contributed by atoms with van der Waals surface area (Å²) in [5.74, 6) is 0.176. The summed E-state index contributed by atoms with van der Waals surface area (Å²) < 4.78 is 0. The fraction of sp³-hybridized carbons (Fsp3) is 0.571. The molecule has 1 aliphatic rings. The first kappa shape index (κ1) is 7.12. The first-order chi connectivity index (χ1) is 4.63. The van der Waals surface area contributed by atoms with Gasteiger partial charge in [0.1, 0.15) is 5.76 Å². The molecule has 0 saturated carbocycles. The van der Waals surface area contributed by atoms with Crippen LogP contribution < -0.4 is 5.32 Å². The number of amides is 1. The smallest absolute Gasteiger partial charge is 0.251 e. The van der Waals surface area contributed by atoms with Gasteiger partial charge in [-0.15, -0.1) is 0 Å². The van der Waals surface area contributed by atoms with Crippen molar-refractivity contribution in [3.63, 3.8) is 0 Å². The lowest BCUT2D eigenvalue weighted by atomic mass is 10.0. The van der Waals surface area contributed by atoms with Gasteiger partial charge in [-0.1, -0.05) is 13.8 Å². The van der Waals surface area contributed by atoms with Gasteiger partial charge in [0.25, 0.3) is 5.91 Å². The van der Waals surface area contributed by atoms with E-state index < -0.39 is 0 Å². The molecule has 1 amide bonds. The van der Waals surface area contributed by atoms with E-state index >= 15 is 0 Å². The molecule has 3 heteroatoms. The second-order valence-corrected chi connectivity index (χ2v) is 2.70. The number of hydrogen-bond donors (Lipinski definition) is 2. The van der Waals surface area contributed by atoms with Crippen LogP contribution >= 0.6 is 0 Å². The van der Waals surface area contributed by atoms with Crippen LogP contribution in [-0.2, 0) is 4.79 Å². The topological polar surface area (TPSA) is 49.3 Å². The maximum absolute atomic E-state index is 10.9. The molecule has 0 bridgehead atoms. The molecule has 1 aliphatic heterocycles. The van der Waals surface area contributed by atoms with Crippen LogP contribution in [0.1, 0.15) is 13.8 Å². The first-order valence-electron chi connectivity index (χ1n) is 3.33. The molecule has 3 nitrogen and oxygen atoms in total. The van der Waals surface area contributed by atoms with Gasteiger partial charge in [0.2, 0.25) is 0 Å². The second kappa shape index (κ2) is 2.33. The molecule has 0 aliphatic carbocycles. The minimum Gasteiger partial charge on any atom is -0.510 e. The van der Waals surface area contributed by atoms with Crippen molar-refractivity contribution >= 4 is 5.91 Å². The molecule has 0 aromatic rings. The fourth-order valence-electron chi connectivity index (χ4n) is 1.08. The number of nitrogens with one attached hydrogen (secondary N) is 1. The van der Waals surface area contributed by atoms with Crippen LogP contribution in [0, 0.1) is 5.92 Å². The predicted molar refractivity (Wildman–Crippen MR) is 37.5 cm³/mol. The van der Waals surface area contributed by atoms with Crippen LogP contribution in [0.2, 0.25) is 0 Å². The Morgan fingerprint density at radius 1 is 1.60 bits per heavy atom. The lowest BCUT2D eigenvalue weighted by molar-refractivity contribution is -0.117. The van der Waals surface area contributed by atoms with E-state index in [4.69, 9.17) is 5.11 Å². The Labute approximate surface area is 59.7 Å². The fourth-order valence-corrected chi connectivity index (χ4v) is 1.08. The molecule has 0 aromatic carbocycles. The van der Waals surface area contributed by atoms with Crippen LogP contribution in [-0.4, -0.2) is 17.6 Å². The zero-order valence-electron chi connectivity index (χ0n) is 6.14. The Kier molecular flexibility index (Phi) is 1.66. The van der Waals surface area contributed by atoms with Crippen molar-refractivity contribution in [3.05, 3.63) is 11.3 Å². The van der Waals surface area contributed by atoms with Gasteiger partial charge in [-0.3, -0.25) is 4.79 Å². The minimum absolute atomic E-state index is 0.113. The molecule has 1 rings (SSSR count). The van der Waals surface area contributed by atoms with E-state index in [9.17, 15) is 4.79 Å². The summed E-state index contributed by atoms with van der Waals surface area (Å²) in [6.45, 7) is 4.07. The summed E-state index contributed by atoms with van der Waals surface area (Å²) in [5.41, 5.74) is 0.528. The van der Waals surface area contributed by atoms with Crippen molar-refractivity contribution in [1.82, 2.24) is 5.32 Å². The summed E-state index contributed by atoms with van der Waals surface area (Å²) in [6, 6.07) is 0. The Bertz CT molecular complexity index is 194. The van der Waals surface area contributed by atoms with Crippen molar-refractivity contribution in [2.24, 2.45) is 5.92 Å². The van der Waals surface area contributed by atoms with Gasteiger partial charge in [0.15, 0.2) is 0 Å². The van der Waals surface area contributed by atoms with E-state index in [-0.39, 0.29) is 17.6 Å². The molecule has 0 aromatic heterocycles. The second-order valence-electron chi connectivity index (χ2n) is 2.70. The number of carbonyl (C=O) groups excluding carboxylic acids is 1. The van der Waals surface area contributed by atoms with Crippen LogP contribution in [0.15, 0.2) is 11.3 Å². The van der Waals surface area contributed by atoms with Gasteiger partial charge in [-0.25, -0.2) is 0 Å². The molecule has 1 heterocycles. The molecular formula is C7H11NO2. The monoisotopic (exact) mass is 141 g/mol. The van der Waals surface area contributed by atoms with Gasteiger partial charge in [-0.2, -0.15) is 0 Å². The van der Waals surface area contributed by atoms with Crippen LogP contribution in [0.4, 0.5) is 0 Å². The average molecular weight is 141 g/mol. The van der Waals surface area contributed by atoms with Crippen molar-refractivity contribution in [1.29, 1.82) is 0 Å². The van der Waals surface area contributed by atoms with E-state index in [0.717, 1.165) is 0 Å². The van der Waals surface area contributed by atoms with E-state index in [2.05, 4.69) is 5.32 Å². The summed E-state index contributed by atoms with van der Waals surface area (Å²) in [5, 5.41) is 11.7. The highest BCUT2D eigenvalue weighted by atomic mass is 16.3. The molecule has 2 N–H and O–H groups in total. The molecule has 0 unspecified atom stereocenters. The predicted octanol–water partition coefficient (Wildman–Crippen LogP) is 0.584. The largest absolute Gasteiger partial charge is 0.510 e. The van der Waals surface area contributed by atoms with Crippen LogP contribution in [0.5, 0.6) is 0 Å². The Hall–Kier alpha value is -0.990. The summed E-state index contributed by atoms with van der Waals surface area (Å²) in [4.78, 5) is 10.9. The third-order valence-electron chi connectivity index (χ3n) is 1.55. The highest BCUT2D eigenvalue weighted by molar-refractivity contribution is 5.96.